The molecule has 3 aromatic rings. The Balaban J connectivity index is 1.65. The van der Waals surface area contributed by atoms with Crippen LogP contribution in [0.15, 0.2) is 59.6 Å². The fourth-order valence-electron chi connectivity index (χ4n) is 2.17. The van der Waals surface area contributed by atoms with Crippen molar-refractivity contribution < 1.29 is 4.74 Å². The van der Waals surface area contributed by atoms with Crippen molar-refractivity contribution in [3.63, 3.8) is 0 Å². The third-order valence-electron chi connectivity index (χ3n) is 3.24. The van der Waals surface area contributed by atoms with Gasteiger partial charge in [-0.15, -0.1) is 0 Å². The summed E-state index contributed by atoms with van der Waals surface area (Å²) in [5.74, 6) is 1.57. The number of H-pyrrole nitrogens is 1. The minimum absolute atomic E-state index is 0.0671. The highest BCUT2D eigenvalue weighted by Crippen LogP contribution is 2.32. The Morgan fingerprint density at radius 2 is 1.71 bits per heavy atom. The summed E-state index contributed by atoms with van der Waals surface area (Å²) in [6, 6.07) is 17.6. The number of para-hydroxylation sites is 1. The van der Waals surface area contributed by atoms with Crippen LogP contribution in [-0.2, 0) is 0 Å². The molecule has 2 heterocycles. The Bertz CT molecular complexity index is 789. The molecule has 1 atom stereocenters. The van der Waals surface area contributed by atoms with Crippen LogP contribution in [0, 0.1) is 0 Å². The Morgan fingerprint density at radius 3 is 2.52 bits per heavy atom. The van der Waals surface area contributed by atoms with Crippen molar-refractivity contribution in [1.29, 1.82) is 0 Å². The highest BCUT2D eigenvalue weighted by atomic mass is 16.5. The molecule has 102 valence electrons. The van der Waals surface area contributed by atoms with Gasteiger partial charge in [-0.1, -0.05) is 30.3 Å². The van der Waals surface area contributed by atoms with E-state index in [9.17, 15) is 0 Å². The van der Waals surface area contributed by atoms with Crippen LogP contribution >= 0.6 is 0 Å². The Kier molecular flexibility index (Phi) is 2.74. The van der Waals surface area contributed by atoms with E-state index in [1.165, 1.54) is 0 Å². The first kappa shape index (κ1) is 11.8. The molecule has 2 aromatic carbocycles. The summed E-state index contributed by atoms with van der Waals surface area (Å²) in [5.41, 5.74) is 2.63. The van der Waals surface area contributed by atoms with Crippen molar-refractivity contribution in [2.45, 2.75) is 6.04 Å². The van der Waals surface area contributed by atoms with Crippen LogP contribution in [0.5, 0.6) is 11.5 Å². The van der Waals surface area contributed by atoms with Gasteiger partial charge in [-0.3, -0.25) is 4.99 Å². The van der Waals surface area contributed by atoms with Gasteiger partial charge >= 0.3 is 0 Å². The maximum absolute atomic E-state index is 5.84. The lowest BCUT2D eigenvalue weighted by Gasteiger charge is -2.07. The maximum atomic E-state index is 5.84. The number of ether oxygens (including phenoxy) is 1. The van der Waals surface area contributed by atoms with E-state index in [4.69, 9.17) is 4.74 Å². The van der Waals surface area contributed by atoms with Crippen molar-refractivity contribution in [3.8, 4) is 22.8 Å². The summed E-state index contributed by atoms with van der Waals surface area (Å²) in [6.07, 6.45) is 1.85. The fourth-order valence-corrected chi connectivity index (χ4v) is 2.17. The zero-order valence-electron chi connectivity index (χ0n) is 11.1. The molecule has 0 spiro atoms. The van der Waals surface area contributed by atoms with Gasteiger partial charge in [-0.25, -0.2) is 0 Å². The zero-order valence-corrected chi connectivity index (χ0v) is 11.1. The molecule has 1 aromatic heterocycles. The molecule has 0 saturated carbocycles. The van der Waals surface area contributed by atoms with Gasteiger partial charge in [-0.05, 0) is 24.3 Å². The minimum atomic E-state index is 0.0671. The molecule has 1 unspecified atom stereocenters. The molecule has 0 fully saturated rings. The Labute approximate surface area is 121 Å². The van der Waals surface area contributed by atoms with E-state index in [-0.39, 0.29) is 6.04 Å². The van der Waals surface area contributed by atoms with Crippen molar-refractivity contribution in [3.05, 3.63) is 60.3 Å². The number of nitrogens with zero attached hydrogens (tertiary/aromatic N) is 3. The maximum Gasteiger partial charge on any atom is 0.130 e. The molecule has 21 heavy (non-hydrogen) atoms. The molecule has 4 rings (SSSR count). The SMILES string of the molecule is C1=NC1c1n[nH]nc1-c1cccc(Oc2ccccc2)c1. The smallest absolute Gasteiger partial charge is 0.130 e. The van der Waals surface area contributed by atoms with Crippen LogP contribution in [0.25, 0.3) is 11.3 Å². The summed E-state index contributed by atoms with van der Waals surface area (Å²) in [4.78, 5) is 4.14. The summed E-state index contributed by atoms with van der Waals surface area (Å²) in [7, 11) is 0. The zero-order chi connectivity index (χ0) is 14.1. The van der Waals surface area contributed by atoms with Crippen LogP contribution in [0.4, 0.5) is 0 Å². The molecule has 1 N–H and O–H groups in total. The number of rotatable bonds is 4. The molecule has 0 radical (unpaired) electrons. The van der Waals surface area contributed by atoms with Gasteiger partial charge in [0, 0.05) is 11.8 Å². The first-order valence-corrected chi connectivity index (χ1v) is 6.67. The number of nitrogens with one attached hydrogen (secondary N) is 1. The molecule has 1 aliphatic heterocycles. The lowest BCUT2D eigenvalue weighted by atomic mass is 10.1. The van der Waals surface area contributed by atoms with E-state index in [1.54, 1.807) is 0 Å². The number of hydrogen-bond donors (Lipinski definition) is 1. The molecule has 0 amide bonds. The van der Waals surface area contributed by atoms with E-state index in [2.05, 4.69) is 20.4 Å². The van der Waals surface area contributed by atoms with Crippen molar-refractivity contribution in [2.75, 3.05) is 0 Å². The number of aliphatic imine (C=N–C) groups is 1. The number of benzene rings is 2. The topological polar surface area (TPSA) is 63.2 Å². The average molecular weight is 276 g/mol. The van der Waals surface area contributed by atoms with Crippen LogP contribution in [-0.4, -0.2) is 21.6 Å². The van der Waals surface area contributed by atoms with E-state index in [0.29, 0.717) is 0 Å². The third-order valence-corrected chi connectivity index (χ3v) is 3.24. The average Bonchev–Trinajstić information content (AvgIpc) is 3.25. The second-order valence-corrected chi connectivity index (χ2v) is 4.74. The molecule has 5 heteroatoms. The minimum Gasteiger partial charge on any atom is -0.457 e. The van der Waals surface area contributed by atoms with Crippen LogP contribution in [0.3, 0.4) is 0 Å². The lowest BCUT2D eigenvalue weighted by molar-refractivity contribution is 0.483. The summed E-state index contributed by atoms with van der Waals surface area (Å²) < 4.78 is 5.84. The van der Waals surface area contributed by atoms with Gasteiger partial charge in [0.05, 0.1) is 0 Å². The van der Waals surface area contributed by atoms with Crippen molar-refractivity contribution >= 4 is 6.21 Å². The second kappa shape index (κ2) is 4.86. The summed E-state index contributed by atoms with van der Waals surface area (Å²) in [5, 5.41) is 11.1. The quantitative estimate of drug-likeness (QED) is 0.794. The van der Waals surface area contributed by atoms with Gasteiger partial charge in [0.25, 0.3) is 0 Å². The number of aromatic nitrogens is 3. The van der Waals surface area contributed by atoms with E-state index in [0.717, 1.165) is 28.5 Å². The molecule has 0 aliphatic carbocycles. The van der Waals surface area contributed by atoms with Crippen LogP contribution in [0.2, 0.25) is 0 Å². The molecule has 5 nitrogen and oxygen atoms in total. The normalized spacial score (nSPS) is 15.9. The monoisotopic (exact) mass is 276 g/mol. The fraction of sp³-hybridized carbons (Fsp3) is 0.0625. The predicted octanol–water partition coefficient (Wildman–Crippen LogP) is 3.39. The standard InChI is InChI=1S/C16H12N4O/c1-2-6-12(7-3-1)21-13-8-4-5-11(9-13)15-16(14-10-17-14)19-20-18-15/h1-10,14H,(H,18,19,20). The van der Waals surface area contributed by atoms with Crippen LogP contribution in [0.1, 0.15) is 11.7 Å². The first-order valence-electron chi connectivity index (χ1n) is 6.67. The summed E-state index contributed by atoms with van der Waals surface area (Å²) >= 11 is 0. The molecule has 0 bridgehead atoms. The Morgan fingerprint density at radius 1 is 0.905 bits per heavy atom. The first-order chi connectivity index (χ1) is 10.4. The molecular weight excluding hydrogens is 264 g/mol. The molecule has 0 saturated heterocycles. The van der Waals surface area contributed by atoms with E-state index < -0.39 is 0 Å². The largest absolute Gasteiger partial charge is 0.457 e. The lowest BCUT2D eigenvalue weighted by Crippen LogP contribution is -1.89. The van der Waals surface area contributed by atoms with Crippen molar-refractivity contribution in [1.82, 2.24) is 15.4 Å². The van der Waals surface area contributed by atoms with E-state index in [1.807, 2.05) is 60.8 Å². The van der Waals surface area contributed by atoms with Gasteiger partial charge in [0.15, 0.2) is 0 Å². The van der Waals surface area contributed by atoms with Gasteiger partial charge < -0.3 is 4.74 Å². The predicted molar refractivity (Wildman–Crippen MR) is 79.6 cm³/mol. The highest BCUT2D eigenvalue weighted by Gasteiger charge is 2.24. The van der Waals surface area contributed by atoms with Gasteiger partial charge in [-0.2, -0.15) is 15.4 Å². The summed E-state index contributed by atoms with van der Waals surface area (Å²) in [6.45, 7) is 0. The highest BCUT2D eigenvalue weighted by molar-refractivity contribution is 5.82. The van der Waals surface area contributed by atoms with E-state index >= 15 is 0 Å². The Hall–Kier alpha value is -2.95. The van der Waals surface area contributed by atoms with Gasteiger partial charge in [0.1, 0.15) is 28.9 Å². The second-order valence-electron chi connectivity index (χ2n) is 4.74. The van der Waals surface area contributed by atoms with Crippen molar-refractivity contribution in [2.24, 2.45) is 4.99 Å². The number of hydrogen-bond acceptors (Lipinski definition) is 4. The molecule has 1 aliphatic rings. The molecular formula is C16H12N4O. The van der Waals surface area contributed by atoms with Crippen LogP contribution < -0.4 is 4.74 Å². The van der Waals surface area contributed by atoms with Gasteiger partial charge in [0.2, 0.25) is 0 Å². The third kappa shape index (κ3) is 2.41. The number of aromatic amines is 1.